The maximum absolute atomic E-state index is 12.7. The first-order valence-electron chi connectivity index (χ1n) is 11.2. The molecule has 2 fully saturated rings. The number of nitrogens with zero attached hydrogens (tertiary/aromatic N) is 7. The summed E-state index contributed by atoms with van der Waals surface area (Å²) in [5.74, 6) is 0.736. The van der Waals surface area contributed by atoms with E-state index in [9.17, 15) is 4.79 Å². The van der Waals surface area contributed by atoms with E-state index in [1.54, 1.807) is 12.4 Å². The summed E-state index contributed by atoms with van der Waals surface area (Å²) in [5.41, 5.74) is 3.15. The van der Waals surface area contributed by atoms with E-state index >= 15 is 0 Å². The molecule has 1 N–H and O–H groups in total. The fourth-order valence-corrected chi connectivity index (χ4v) is 5.30. The third-order valence-electron chi connectivity index (χ3n) is 6.34. The minimum atomic E-state index is -1.16. The van der Waals surface area contributed by atoms with Gasteiger partial charge in [0.15, 0.2) is 0 Å². The molecule has 2 bridgehead atoms. The highest BCUT2D eigenvalue weighted by Crippen LogP contribution is 2.35. The van der Waals surface area contributed by atoms with Crippen molar-refractivity contribution in [3.63, 3.8) is 0 Å². The van der Waals surface area contributed by atoms with Gasteiger partial charge in [-0.25, -0.2) is 14.6 Å². The molecule has 0 saturated carbocycles. The number of piperazine rings is 1. The molecular weight excluding hydrogens is 424 g/mol. The van der Waals surface area contributed by atoms with Gasteiger partial charge in [-0.3, -0.25) is 9.89 Å². The van der Waals surface area contributed by atoms with Crippen LogP contribution in [0.5, 0.6) is 0 Å². The number of likely N-dealkylation sites (N-methyl/N-ethyl adjacent to an activating group) is 1. The number of fused-ring (bicyclic) bond motifs is 3. The van der Waals surface area contributed by atoms with Crippen molar-refractivity contribution in [1.29, 1.82) is 0 Å². The second kappa shape index (κ2) is 7.96. The van der Waals surface area contributed by atoms with Gasteiger partial charge in [-0.1, -0.05) is 19.6 Å². The van der Waals surface area contributed by atoms with Crippen molar-refractivity contribution in [1.82, 2.24) is 34.8 Å². The topological polar surface area (TPSA) is 105 Å². The Morgan fingerprint density at radius 2 is 2.09 bits per heavy atom. The number of nitrogens with one attached hydrogen (secondary N) is 1. The van der Waals surface area contributed by atoms with Crippen molar-refractivity contribution in [2.75, 3.05) is 25.1 Å². The molecule has 170 valence electrons. The van der Waals surface area contributed by atoms with Gasteiger partial charge in [0.05, 0.1) is 18.4 Å². The quantitative estimate of drug-likeness (QED) is 0.431. The molecule has 2 aliphatic rings. The number of anilines is 1. The molecule has 32 heavy (non-hydrogen) atoms. The highest BCUT2D eigenvalue weighted by atomic mass is 28.3. The van der Waals surface area contributed by atoms with Crippen molar-refractivity contribution >= 4 is 31.0 Å². The number of amides is 1. The van der Waals surface area contributed by atoms with Crippen LogP contribution >= 0.6 is 0 Å². The van der Waals surface area contributed by atoms with Crippen molar-refractivity contribution < 1.29 is 9.53 Å². The van der Waals surface area contributed by atoms with Crippen LogP contribution in [-0.4, -0.2) is 81.1 Å². The van der Waals surface area contributed by atoms with E-state index < -0.39 is 8.07 Å². The molecule has 1 amide bonds. The Morgan fingerprint density at radius 1 is 1.25 bits per heavy atom. The molecular formula is C21H30N8O2Si. The summed E-state index contributed by atoms with van der Waals surface area (Å²) < 4.78 is 7.76. The zero-order valence-corrected chi connectivity index (χ0v) is 20.1. The van der Waals surface area contributed by atoms with Gasteiger partial charge in [-0.15, -0.1) is 0 Å². The summed E-state index contributed by atoms with van der Waals surface area (Å²) in [6, 6.07) is 1.16. The van der Waals surface area contributed by atoms with Gasteiger partial charge in [0.25, 0.3) is 0 Å². The Bertz CT molecular complexity index is 1120. The molecule has 2 aliphatic heterocycles. The highest BCUT2D eigenvalue weighted by molar-refractivity contribution is 6.76. The third-order valence-corrected chi connectivity index (χ3v) is 8.04. The summed E-state index contributed by atoms with van der Waals surface area (Å²) in [6.45, 7) is 8.77. The fraction of sp³-hybridized carbons (Fsp3) is 0.571. The summed E-state index contributed by atoms with van der Waals surface area (Å²) in [5, 5.41) is 11.7. The Hall–Kier alpha value is -2.79. The Balaban J connectivity index is 1.48. The van der Waals surface area contributed by atoms with Crippen LogP contribution in [0.3, 0.4) is 0 Å². The normalized spacial score (nSPS) is 21.2. The zero-order chi connectivity index (χ0) is 22.5. The third kappa shape index (κ3) is 3.79. The molecule has 3 aromatic rings. The highest BCUT2D eigenvalue weighted by Gasteiger charge is 2.45. The van der Waals surface area contributed by atoms with Crippen molar-refractivity contribution in [3.05, 3.63) is 18.6 Å². The first kappa shape index (κ1) is 21.1. The molecule has 0 aliphatic carbocycles. The number of H-pyrrole nitrogens is 1. The van der Waals surface area contributed by atoms with E-state index in [4.69, 9.17) is 14.8 Å². The smallest absolute Gasteiger partial charge is 0.245 e. The van der Waals surface area contributed by atoms with Crippen LogP contribution in [0.1, 0.15) is 12.8 Å². The Labute approximate surface area is 188 Å². The van der Waals surface area contributed by atoms with Crippen LogP contribution in [0.4, 0.5) is 5.95 Å². The lowest BCUT2D eigenvalue weighted by Gasteiger charge is -2.38. The van der Waals surface area contributed by atoms with E-state index in [1.165, 1.54) is 0 Å². The van der Waals surface area contributed by atoms with Crippen LogP contribution in [0.15, 0.2) is 18.6 Å². The molecule has 5 rings (SSSR count). The first-order valence-corrected chi connectivity index (χ1v) is 14.9. The molecule has 5 heterocycles. The minimum Gasteiger partial charge on any atom is -0.360 e. The average molecular weight is 455 g/mol. The molecule has 3 aromatic heterocycles. The van der Waals surface area contributed by atoms with Crippen LogP contribution in [0, 0.1) is 0 Å². The van der Waals surface area contributed by atoms with Gasteiger partial charge >= 0.3 is 0 Å². The predicted molar refractivity (Wildman–Crippen MR) is 124 cm³/mol. The molecule has 2 unspecified atom stereocenters. The van der Waals surface area contributed by atoms with Crippen LogP contribution < -0.4 is 4.90 Å². The second-order valence-electron chi connectivity index (χ2n) is 9.96. The average Bonchev–Trinajstić information content (AvgIpc) is 3.46. The maximum atomic E-state index is 12.7. The summed E-state index contributed by atoms with van der Waals surface area (Å²) in [6.07, 6.45) is 7.17. The molecule has 2 saturated heterocycles. The number of carbonyl (C=O) groups is 1. The number of aromatic amines is 1. The van der Waals surface area contributed by atoms with Gasteiger partial charge in [0.2, 0.25) is 11.9 Å². The van der Waals surface area contributed by atoms with Gasteiger partial charge in [-0.2, -0.15) is 10.2 Å². The lowest BCUT2D eigenvalue weighted by molar-refractivity contribution is -0.132. The molecule has 0 radical (unpaired) electrons. The molecule has 2 atom stereocenters. The largest absolute Gasteiger partial charge is 0.360 e. The SMILES string of the molecule is CN1CC2CCC(C1=O)N2c1ncc2c(n1)c(-c1cn[nH]c1)nn2COCC[Si](C)(C)C. The number of rotatable bonds is 7. The van der Waals surface area contributed by atoms with E-state index in [0.717, 1.165) is 41.2 Å². The first-order chi connectivity index (χ1) is 15.3. The monoisotopic (exact) mass is 454 g/mol. The Morgan fingerprint density at radius 3 is 2.84 bits per heavy atom. The second-order valence-corrected chi connectivity index (χ2v) is 15.6. The summed E-state index contributed by atoms with van der Waals surface area (Å²) in [4.78, 5) is 26.2. The summed E-state index contributed by atoms with van der Waals surface area (Å²) >= 11 is 0. The Kier molecular flexibility index (Phi) is 5.24. The van der Waals surface area contributed by atoms with Crippen molar-refractivity contribution in [3.8, 4) is 11.3 Å². The molecule has 10 nitrogen and oxygen atoms in total. The van der Waals surface area contributed by atoms with E-state index in [2.05, 4.69) is 39.7 Å². The number of hydrogen-bond acceptors (Lipinski definition) is 7. The molecule has 11 heteroatoms. The van der Waals surface area contributed by atoms with Gasteiger partial charge < -0.3 is 14.5 Å². The van der Waals surface area contributed by atoms with Gasteiger partial charge in [0.1, 0.15) is 29.5 Å². The summed E-state index contributed by atoms with van der Waals surface area (Å²) in [7, 11) is 0.713. The van der Waals surface area contributed by atoms with E-state index in [-0.39, 0.29) is 18.0 Å². The standard InChI is InChI=1S/C21H30N8O2Si/c1-27-12-15-5-6-16(20(27)30)29(15)21-22-11-17-19(25-21)18(14-9-23-24-10-14)26-28(17)13-31-7-8-32(2,3)4/h9-11,15-16H,5-8,12-13H2,1-4H3,(H,23,24). The van der Waals surface area contributed by atoms with Crippen LogP contribution in [-0.2, 0) is 16.3 Å². The van der Waals surface area contributed by atoms with Crippen molar-refractivity contribution in [2.24, 2.45) is 0 Å². The molecule has 0 aromatic carbocycles. The number of carbonyl (C=O) groups excluding carboxylic acids is 1. The minimum absolute atomic E-state index is 0.143. The fourth-order valence-electron chi connectivity index (χ4n) is 4.55. The number of hydrogen-bond donors (Lipinski definition) is 1. The van der Waals surface area contributed by atoms with Crippen molar-refractivity contribution in [2.45, 2.75) is 57.3 Å². The van der Waals surface area contributed by atoms with E-state index in [1.807, 2.05) is 22.8 Å². The zero-order valence-electron chi connectivity index (χ0n) is 19.1. The van der Waals surface area contributed by atoms with E-state index in [0.29, 0.717) is 25.8 Å². The number of aromatic nitrogens is 6. The van der Waals surface area contributed by atoms with Gasteiger partial charge in [0, 0.05) is 40.0 Å². The van der Waals surface area contributed by atoms with Crippen LogP contribution in [0.25, 0.3) is 22.3 Å². The molecule has 0 spiro atoms. The lowest BCUT2D eigenvalue weighted by Crippen LogP contribution is -2.56. The maximum Gasteiger partial charge on any atom is 0.245 e. The van der Waals surface area contributed by atoms with Crippen LogP contribution in [0.2, 0.25) is 25.7 Å². The predicted octanol–water partition coefficient (Wildman–Crippen LogP) is 2.34. The lowest BCUT2D eigenvalue weighted by atomic mass is 10.2. The number of likely N-dealkylation sites (tertiary alicyclic amines) is 1. The van der Waals surface area contributed by atoms with Gasteiger partial charge in [-0.05, 0) is 18.9 Å². The number of ether oxygens (including phenoxy) is 1.